The van der Waals surface area contributed by atoms with Crippen molar-refractivity contribution in [2.75, 3.05) is 6.61 Å². The fourth-order valence-corrected chi connectivity index (χ4v) is 1.76. The van der Waals surface area contributed by atoms with Crippen molar-refractivity contribution < 1.29 is 18.7 Å². The van der Waals surface area contributed by atoms with Crippen LogP contribution in [0.2, 0.25) is 5.02 Å². The summed E-state index contributed by atoms with van der Waals surface area (Å²) in [6.45, 7) is 0.912. The van der Waals surface area contributed by atoms with Crippen molar-refractivity contribution in [1.82, 2.24) is 0 Å². The third-order valence-electron chi connectivity index (χ3n) is 2.43. The predicted molar refractivity (Wildman–Crippen MR) is 70.1 cm³/mol. The maximum Gasteiger partial charge on any atom is 0.303 e. The summed E-state index contributed by atoms with van der Waals surface area (Å²) in [5, 5.41) is 0.538. The molecule has 0 aliphatic heterocycles. The van der Waals surface area contributed by atoms with Crippen LogP contribution in [0.5, 0.6) is 0 Å². The van der Waals surface area contributed by atoms with Crippen molar-refractivity contribution in [1.29, 1.82) is 0 Å². The number of ether oxygens (including phenoxy) is 1. The van der Waals surface area contributed by atoms with Crippen LogP contribution in [0.4, 0.5) is 0 Å². The van der Waals surface area contributed by atoms with Gasteiger partial charge in [0.15, 0.2) is 12.4 Å². The summed E-state index contributed by atoms with van der Waals surface area (Å²) in [4.78, 5) is 22.3. The number of furan rings is 1. The maximum atomic E-state index is 11.7. The molecule has 0 aliphatic rings. The fraction of sp³-hybridized carbons (Fsp3) is 0.143. The van der Waals surface area contributed by atoms with E-state index < -0.39 is 11.8 Å². The lowest BCUT2D eigenvalue weighted by atomic mass is 10.2. The van der Waals surface area contributed by atoms with Crippen molar-refractivity contribution in [3.63, 3.8) is 0 Å². The van der Waals surface area contributed by atoms with Gasteiger partial charge in [-0.05, 0) is 24.3 Å². The van der Waals surface area contributed by atoms with Crippen molar-refractivity contribution in [3.05, 3.63) is 47.2 Å². The van der Waals surface area contributed by atoms with Crippen LogP contribution in [-0.2, 0) is 9.53 Å². The minimum absolute atomic E-state index is 0.135. The highest BCUT2D eigenvalue weighted by atomic mass is 35.5. The molecule has 0 bridgehead atoms. The number of carbonyl (C=O) groups excluding carboxylic acids is 2. The Kier molecular flexibility index (Phi) is 4.02. The number of halogens is 1. The Labute approximate surface area is 114 Å². The monoisotopic (exact) mass is 278 g/mol. The standard InChI is InChI=1S/C14H11ClO4/c1-9(16)18-8-12(17)14-7-6-13(19-14)10-4-2-3-5-11(10)15/h2-7H,8H2,1H3. The Bertz CT molecular complexity index is 615. The van der Waals surface area contributed by atoms with Crippen LogP contribution in [0.1, 0.15) is 17.5 Å². The zero-order valence-corrected chi connectivity index (χ0v) is 10.9. The molecule has 2 rings (SSSR count). The van der Waals surface area contributed by atoms with Crippen molar-refractivity contribution in [2.24, 2.45) is 0 Å². The van der Waals surface area contributed by atoms with Crippen LogP contribution in [-0.4, -0.2) is 18.4 Å². The lowest BCUT2D eigenvalue weighted by Crippen LogP contribution is -2.10. The SMILES string of the molecule is CC(=O)OCC(=O)c1ccc(-c2ccccc2Cl)o1. The number of hydrogen-bond donors (Lipinski definition) is 0. The summed E-state index contributed by atoms with van der Waals surface area (Å²) in [5.41, 5.74) is 0.704. The number of carbonyl (C=O) groups is 2. The number of esters is 1. The van der Waals surface area contributed by atoms with Crippen molar-refractivity contribution in [3.8, 4) is 11.3 Å². The molecule has 0 saturated carbocycles. The Balaban J connectivity index is 2.18. The molecule has 0 fully saturated rings. The molecule has 0 radical (unpaired) electrons. The minimum Gasteiger partial charge on any atom is -0.457 e. The van der Waals surface area contributed by atoms with E-state index >= 15 is 0 Å². The molecule has 98 valence electrons. The second-order valence-corrected chi connectivity index (χ2v) is 4.25. The van der Waals surface area contributed by atoms with Crippen LogP contribution < -0.4 is 0 Å². The van der Waals surface area contributed by atoms with Crippen LogP contribution in [0.25, 0.3) is 11.3 Å². The first kappa shape index (κ1) is 13.4. The molecule has 0 spiro atoms. The first-order chi connectivity index (χ1) is 9.08. The third-order valence-corrected chi connectivity index (χ3v) is 2.76. The summed E-state index contributed by atoms with van der Waals surface area (Å²) in [7, 11) is 0. The lowest BCUT2D eigenvalue weighted by Gasteiger charge is -2.00. The summed E-state index contributed by atoms with van der Waals surface area (Å²) in [5.74, 6) is -0.271. The highest BCUT2D eigenvalue weighted by Gasteiger charge is 2.14. The van der Waals surface area contributed by atoms with Gasteiger partial charge in [-0.2, -0.15) is 0 Å². The van der Waals surface area contributed by atoms with Crippen LogP contribution in [0.15, 0.2) is 40.8 Å². The highest BCUT2D eigenvalue weighted by molar-refractivity contribution is 6.33. The molecule has 0 saturated heterocycles. The average Bonchev–Trinajstić information content (AvgIpc) is 2.86. The molecular weight excluding hydrogens is 268 g/mol. The zero-order valence-electron chi connectivity index (χ0n) is 10.2. The largest absolute Gasteiger partial charge is 0.457 e. The van der Waals surface area contributed by atoms with Gasteiger partial charge >= 0.3 is 5.97 Å². The molecule has 1 aromatic heterocycles. The molecule has 1 aromatic carbocycles. The number of benzene rings is 1. The first-order valence-electron chi connectivity index (χ1n) is 5.59. The van der Waals surface area contributed by atoms with Gasteiger partial charge in [0, 0.05) is 12.5 Å². The number of Topliss-reactive ketones (excluding diaryl/α,β-unsaturated/α-hetero) is 1. The molecule has 5 heteroatoms. The Morgan fingerprint density at radius 1 is 1.21 bits per heavy atom. The van der Waals surface area contributed by atoms with E-state index in [1.807, 2.05) is 12.1 Å². The zero-order chi connectivity index (χ0) is 13.8. The third kappa shape index (κ3) is 3.23. The fourth-order valence-electron chi connectivity index (χ4n) is 1.53. The number of ketones is 1. The van der Waals surface area contributed by atoms with Gasteiger partial charge in [-0.1, -0.05) is 23.7 Å². The molecule has 0 atom stereocenters. The van der Waals surface area contributed by atoms with E-state index in [0.717, 1.165) is 0 Å². The van der Waals surface area contributed by atoms with Gasteiger partial charge in [0.1, 0.15) is 5.76 Å². The van der Waals surface area contributed by atoms with Gasteiger partial charge in [-0.25, -0.2) is 0 Å². The van der Waals surface area contributed by atoms with Gasteiger partial charge < -0.3 is 9.15 Å². The molecule has 0 aliphatic carbocycles. The second-order valence-electron chi connectivity index (χ2n) is 3.85. The Morgan fingerprint density at radius 3 is 2.63 bits per heavy atom. The Morgan fingerprint density at radius 2 is 1.95 bits per heavy atom. The van der Waals surface area contributed by atoms with E-state index in [0.29, 0.717) is 16.3 Å². The van der Waals surface area contributed by atoms with Crippen LogP contribution in [0.3, 0.4) is 0 Å². The minimum atomic E-state index is -0.508. The average molecular weight is 279 g/mol. The molecule has 0 amide bonds. The van der Waals surface area contributed by atoms with Crippen LogP contribution in [0, 0.1) is 0 Å². The molecule has 4 nitrogen and oxygen atoms in total. The van der Waals surface area contributed by atoms with Gasteiger partial charge in [-0.15, -0.1) is 0 Å². The van der Waals surface area contributed by atoms with Gasteiger partial charge in [0.2, 0.25) is 5.78 Å². The quantitative estimate of drug-likeness (QED) is 0.636. The maximum absolute atomic E-state index is 11.7. The van der Waals surface area contributed by atoms with Gasteiger partial charge in [0.25, 0.3) is 0 Å². The van der Waals surface area contributed by atoms with Crippen molar-refractivity contribution in [2.45, 2.75) is 6.92 Å². The molecule has 2 aromatic rings. The summed E-state index contributed by atoms with van der Waals surface area (Å²) < 4.78 is 10.0. The second kappa shape index (κ2) is 5.71. The molecule has 19 heavy (non-hydrogen) atoms. The van der Waals surface area contributed by atoms with E-state index in [9.17, 15) is 9.59 Å². The van der Waals surface area contributed by atoms with Crippen LogP contribution >= 0.6 is 11.6 Å². The van der Waals surface area contributed by atoms with Gasteiger partial charge in [-0.3, -0.25) is 9.59 Å². The predicted octanol–water partition coefficient (Wildman–Crippen LogP) is 3.35. The van der Waals surface area contributed by atoms with Crippen molar-refractivity contribution >= 4 is 23.4 Å². The topological polar surface area (TPSA) is 56.5 Å². The highest BCUT2D eigenvalue weighted by Crippen LogP contribution is 2.29. The van der Waals surface area contributed by atoms with Gasteiger partial charge in [0.05, 0.1) is 5.02 Å². The van der Waals surface area contributed by atoms with E-state index in [1.165, 1.54) is 13.0 Å². The summed E-state index contributed by atoms with van der Waals surface area (Å²) in [6, 6.07) is 10.3. The van der Waals surface area contributed by atoms with E-state index in [4.69, 9.17) is 16.0 Å². The first-order valence-corrected chi connectivity index (χ1v) is 5.97. The summed E-state index contributed by atoms with van der Waals surface area (Å²) >= 11 is 6.04. The normalized spacial score (nSPS) is 10.2. The Hall–Kier alpha value is -2.07. The molecular formula is C14H11ClO4. The number of rotatable bonds is 4. The molecule has 0 unspecified atom stereocenters. The smallest absolute Gasteiger partial charge is 0.303 e. The van der Waals surface area contributed by atoms with E-state index in [2.05, 4.69) is 4.74 Å². The lowest BCUT2D eigenvalue weighted by molar-refractivity contribution is -0.139. The molecule has 0 N–H and O–H groups in total. The number of hydrogen-bond acceptors (Lipinski definition) is 4. The van der Waals surface area contributed by atoms with E-state index in [1.54, 1.807) is 18.2 Å². The van der Waals surface area contributed by atoms with E-state index in [-0.39, 0.29) is 12.4 Å². The summed E-state index contributed by atoms with van der Waals surface area (Å²) in [6.07, 6.45) is 0. The molecule has 1 heterocycles.